The fourth-order valence-electron chi connectivity index (χ4n) is 1.53. The van der Waals surface area contributed by atoms with Crippen molar-refractivity contribution in [1.29, 1.82) is 0 Å². The quantitative estimate of drug-likeness (QED) is 0.936. The van der Waals surface area contributed by atoms with Gasteiger partial charge >= 0.3 is 0 Å². The predicted octanol–water partition coefficient (Wildman–Crippen LogP) is 3.63. The summed E-state index contributed by atoms with van der Waals surface area (Å²) in [5, 5.41) is 0. The van der Waals surface area contributed by atoms with E-state index in [1.807, 2.05) is 18.2 Å². The molecule has 18 heavy (non-hydrogen) atoms. The molecular weight excluding hydrogens is 297 g/mol. The van der Waals surface area contributed by atoms with E-state index in [1.54, 1.807) is 12.1 Å². The van der Waals surface area contributed by atoms with Crippen LogP contribution in [0.4, 0.5) is 4.39 Å². The Hall–Kier alpha value is -1.39. The number of benzene rings is 2. The zero-order valence-electron chi connectivity index (χ0n) is 9.70. The Bertz CT molecular complexity index is 528. The minimum absolute atomic E-state index is 0.243. The maximum Gasteiger partial charge on any atom is 0.134 e. The number of nitrogens with two attached hydrogens (primary N) is 1. The maximum absolute atomic E-state index is 12.7. The van der Waals surface area contributed by atoms with E-state index in [0.29, 0.717) is 13.2 Å². The predicted molar refractivity (Wildman–Crippen MR) is 72.8 cm³/mol. The summed E-state index contributed by atoms with van der Waals surface area (Å²) in [5.74, 6) is 0.503. The smallest absolute Gasteiger partial charge is 0.134 e. The lowest BCUT2D eigenvalue weighted by atomic mass is 10.2. The Kier molecular flexibility index (Phi) is 4.33. The van der Waals surface area contributed by atoms with E-state index in [1.165, 1.54) is 12.1 Å². The second kappa shape index (κ2) is 5.98. The third-order valence-electron chi connectivity index (χ3n) is 2.54. The summed E-state index contributed by atoms with van der Waals surface area (Å²) in [4.78, 5) is 0. The molecule has 0 unspecified atom stereocenters. The zero-order chi connectivity index (χ0) is 13.0. The largest absolute Gasteiger partial charge is 0.488 e. The van der Waals surface area contributed by atoms with E-state index in [9.17, 15) is 4.39 Å². The highest BCUT2D eigenvalue weighted by molar-refractivity contribution is 9.10. The number of rotatable bonds is 4. The van der Waals surface area contributed by atoms with Crippen molar-refractivity contribution in [1.82, 2.24) is 0 Å². The van der Waals surface area contributed by atoms with Crippen LogP contribution in [0.3, 0.4) is 0 Å². The minimum atomic E-state index is -0.243. The highest BCUT2D eigenvalue weighted by Gasteiger charge is 2.03. The molecule has 4 heteroatoms. The number of halogens is 2. The van der Waals surface area contributed by atoms with Gasteiger partial charge in [-0.3, -0.25) is 0 Å². The first kappa shape index (κ1) is 13.1. The highest BCUT2D eigenvalue weighted by Crippen LogP contribution is 2.26. The molecule has 94 valence electrons. The van der Waals surface area contributed by atoms with E-state index in [-0.39, 0.29) is 5.82 Å². The van der Waals surface area contributed by atoms with E-state index in [4.69, 9.17) is 10.5 Å². The average molecular weight is 310 g/mol. The van der Waals surface area contributed by atoms with Crippen molar-refractivity contribution in [3.8, 4) is 5.75 Å². The van der Waals surface area contributed by atoms with Gasteiger partial charge in [-0.1, -0.05) is 18.2 Å². The molecule has 2 N–H and O–H groups in total. The van der Waals surface area contributed by atoms with Crippen LogP contribution in [-0.4, -0.2) is 0 Å². The standard InChI is InChI=1S/C14H13BrFNO/c15-13-7-11(8-17)3-6-14(13)18-9-10-1-4-12(16)5-2-10/h1-7H,8-9,17H2. The van der Waals surface area contributed by atoms with Crippen molar-refractivity contribution in [3.05, 3.63) is 63.9 Å². The molecule has 0 aromatic heterocycles. The molecule has 0 aliphatic rings. The topological polar surface area (TPSA) is 35.2 Å². The fraction of sp³-hybridized carbons (Fsp3) is 0.143. The zero-order valence-corrected chi connectivity index (χ0v) is 11.3. The second-order valence-corrected chi connectivity index (χ2v) is 4.74. The van der Waals surface area contributed by atoms with Crippen molar-refractivity contribution in [3.63, 3.8) is 0 Å². The van der Waals surface area contributed by atoms with Gasteiger partial charge in [-0.15, -0.1) is 0 Å². The molecule has 0 aliphatic carbocycles. The Balaban J connectivity index is 2.04. The van der Waals surface area contributed by atoms with Crippen LogP contribution in [0.15, 0.2) is 46.9 Å². The summed E-state index contributed by atoms with van der Waals surface area (Å²) in [6, 6.07) is 12.0. The van der Waals surface area contributed by atoms with E-state index in [2.05, 4.69) is 15.9 Å². The van der Waals surface area contributed by atoms with E-state index >= 15 is 0 Å². The van der Waals surface area contributed by atoms with Gasteiger partial charge in [-0.05, 0) is 51.3 Å². The molecule has 2 nitrogen and oxygen atoms in total. The third-order valence-corrected chi connectivity index (χ3v) is 3.16. The van der Waals surface area contributed by atoms with E-state index in [0.717, 1.165) is 21.3 Å². The van der Waals surface area contributed by atoms with Crippen molar-refractivity contribution in [2.45, 2.75) is 13.2 Å². The second-order valence-electron chi connectivity index (χ2n) is 3.88. The third kappa shape index (κ3) is 3.31. The molecule has 0 fully saturated rings. The van der Waals surface area contributed by atoms with Gasteiger partial charge in [0.1, 0.15) is 18.2 Å². The molecular formula is C14H13BrFNO. The molecule has 2 aromatic carbocycles. The Morgan fingerprint density at radius 1 is 1.06 bits per heavy atom. The molecule has 0 saturated carbocycles. The van der Waals surface area contributed by atoms with Gasteiger partial charge in [-0.25, -0.2) is 4.39 Å². The van der Waals surface area contributed by atoms with Crippen LogP contribution in [0.1, 0.15) is 11.1 Å². The Labute approximate surface area is 114 Å². The summed E-state index contributed by atoms with van der Waals surface area (Å²) < 4.78 is 19.3. The number of hydrogen-bond acceptors (Lipinski definition) is 2. The van der Waals surface area contributed by atoms with Crippen LogP contribution in [0.5, 0.6) is 5.75 Å². The van der Waals surface area contributed by atoms with Crippen molar-refractivity contribution >= 4 is 15.9 Å². The maximum atomic E-state index is 12.7. The molecule has 0 aliphatic heterocycles. The summed E-state index contributed by atoms with van der Waals surface area (Å²) in [5.41, 5.74) is 7.51. The normalized spacial score (nSPS) is 10.4. The van der Waals surface area contributed by atoms with Crippen LogP contribution in [0.2, 0.25) is 0 Å². The highest BCUT2D eigenvalue weighted by atomic mass is 79.9. The van der Waals surface area contributed by atoms with Crippen molar-refractivity contribution in [2.24, 2.45) is 5.73 Å². The molecule has 0 spiro atoms. The fourth-order valence-corrected chi connectivity index (χ4v) is 2.07. The number of ether oxygens (including phenoxy) is 1. The van der Waals surface area contributed by atoms with Crippen LogP contribution in [-0.2, 0) is 13.2 Å². The molecule has 2 rings (SSSR count). The van der Waals surface area contributed by atoms with Crippen LogP contribution < -0.4 is 10.5 Å². The van der Waals surface area contributed by atoms with E-state index < -0.39 is 0 Å². The van der Waals surface area contributed by atoms with Gasteiger partial charge in [0, 0.05) is 6.54 Å². The molecule has 0 atom stereocenters. The summed E-state index contributed by atoms with van der Waals surface area (Å²) in [6.07, 6.45) is 0. The van der Waals surface area contributed by atoms with Gasteiger partial charge in [0.15, 0.2) is 0 Å². The first-order valence-electron chi connectivity index (χ1n) is 5.55. The summed E-state index contributed by atoms with van der Waals surface area (Å²) >= 11 is 3.43. The van der Waals surface area contributed by atoms with Crippen molar-refractivity contribution < 1.29 is 9.13 Å². The lowest BCUT2D eigenvalue weighted by Gasteiger charge is -2.09. The van der Waals surface area contributed by atoms with Crippen molar-refractivity contribution in [2.75, 3.05) is 0 Å². The SMILES string of the molecule is NCc1ccc(OCc2ccc(F)cc2)c(Br)c1. The van der Waals surface area contributed by atoms with Crippen LogP contribution in [0, 0.1) is 5.82 Å². The Morgan fingerprint density at radius 2 is 1.72 bits per heavy atom. The van der Waals surface area contributed by atoms with Gasteiger partial charge < -0.3 is 10.5 Å². The monoisotopic (exact) mass is 309 g/mol. The summed E-state index contributed by atoms with van der Waals surface area (Å²) in [7, 11) is 0. The molecule has 0 radical (unpaired) electrons. The van der Waals surface area contributed by atoms with Crippen LogP contribution >= 0.6 is 15.9 Å². The van der Waals surface area contributed by atoms with Crippen LogP contribution in [0.25, 0.3) is 0 Å². The van der Waals surface area contributed by atoms with Gasteiger partial charge in [0.25, 0.3) is 0 Å². The lowest BCUT2D eigenvalue weighted by molar-refractivity contribution is 0.304. The van der Waals surface area contributed by atoms with Gasteiger partial charge in [0.2, 0.25) is 0 Å². The minimum Gasteiger partial charge on any atom is -0.488 e. The number of hydrogen-bond donors (Lipinski definition) is 1. The van der Waals surface area contributed by atoms with Gasteiger partial charge in [0.05, 0.1) is 4.47 Å². The Morgan fingerprint density at radius 3 is 2.33 bits per heavy atom. The molecule has 0 bridgehead atoms. The molecule has 2 aromatic rings. The summed E-state index contributed by atoms with van der Waals surface area (Å²) in [6.45, 7) is 0.900. The first-order chi connectivity index (χ1) is 8.69. The molecule has 0 saturated heterocycles. The molecule has 0 amide bonds. The molecule has 0 heterocycles. The average Bonchev–Trinajstić information content (AvgIpc) is 2.39. The lowest BCUT2D eigenvalue weighted by Crippen LogP contribution is -1.99. The first-order valence-corrected chi connectivity index (χ1v) is 6.34. The van der Waals surface area contributed by atoms with Gasteiger partial charge in [-0.2, -0.15) is 0 Å².